The Morgan fingerprint density at radius 3 is 1.36 bits per heavy atom. The van der Waals surface area contributed by atoms with Gasteiger partial charge in [0.05, 0.1) is 10.2 Å². The number of nitrogens with zero attached hydrogens (tertiary/aromatic N) is 4. The third kappa shape index (κ3) is 6.25. The Morgan fingerprint density at radius 2 is 0.724 bits per heavy atom. The minimum atomic E-state index is 0.630. The van der Waals surface area contributed by atoms with Crippen molar-refractivity contribution >= 4 is 53.1 Å². The lowest BCUT2D eigenvalue weighted by Crippen LogP contribution is -2.00. The Hall–Kier alpha value is -7.12. The van der Waals surface area contributed by atoms with Gasteiger partial charge in [0, 0.05) is 42.4 Å². The predicted molar refractivity (Wildman–Crippen MR) is 244 cm³/mol. The zero-order chi connectivity index (χ0) is 38.4. The molecule has 11 aromatic rings. The van der Waals surface area contributed by atoms with Gasteiger partial charge in [-0.15, -0.1) is 22.7 Å². The highest BCUT2D eigenvalue weighted by atomic mass is 32.1. The summed E-state index contributed by atoms with van der Waals surface area (Å²) in [5.74, 6) is 1.90. The minimum Gasteiger partial charge on any atom is -0.235 e. The highest BCUT2D eigenvalue weighted by Gasteiger charge is 2.19. The molecule has 11 rings (SSSR count). The van der Waals surface area contributed by atoms with Crippen molar-refractivity contribution in [3.63, 3.8) is 0 Å². The van der Waals surface area contributed by atoms with Crippen LogP contribution in [0.2, 0.25) is 0 Å². The van der Waals surface area contributed by atoms with Crippen LogP contribution in [0.25, 0.3) is 109 Å². The Kier molecular flexibility index (Phi) is 8.50. The number of hydrogen-bond donors (Lipinski definition) is 0. The van der Waals surface area contributed by atoms with E-state index in [0.29, 0.717) is 17.5 Å². The van der Waals surface area contributed by atoms with Crippen LogP contribution in [0.3, 0.4) is 0 Å². The van der Waals surface area contributed by atoms with E-state index in [1.165, 1.54) is 41.6 Å². The quantitative estimate of drug-likeness (QED) is 0.162. The van der Waals surface area contributed by atoms with E-state index in [0.717, 1.165) is 49.5 Å². The van der Waals surface area contributed by atoms with Gasteiger partial charge in [0.1, 0.15) is 5.01 Å². The molecule has 0 N–H and O–H groups in total. The highest BCUT2D eigenvalue weighted by molar-refractivity contribution is 7.26. The molecule has 0 bridgehead atoms. The zero-order valence-electron chi connectivity index (χ0n) is 31.1. The summed E-state index contributed by atoms with van der Waals surface area (Å²) >= 11 is 3.57. The van der Waals surface area contributed by atoms with E-state index >= 15 is 0 Å². The molecule has 4 nitrogen and oxygen atoms in total. The van der Waals surface area contributed by atoms with Crippen LogP contribution in [0.15, 0.2) is 194 Å². The molecule has 0 radical (unpaired) electrons. The van der Waals surface area contributed by atoms with Crippen LogP contribution < -0.4 is 0 Å². The molecule has 0 spiro atoms. The largest absolute Gasteiger partial charge is 0.235 e. The third-order valence-corrected chi connectivity index (χ3v) is 12.8. The van der Waals surface area contributed by atoms with E-state index in [9.17, 15) is 0 Å². The fourth-order valence-corrected chi connectivity index (χ4v) is 9.83. The molecular weight excluding hydrogens is 745 g/mol. The average Bonchev–Trinajstić information content (AvgIpc) is 3.92. The number of fused-ring (bicyclic) bond motifs is 5. The lowest BCUT2D eigenvalue weighted by molar-refractivity contribution is 1.07. The van der Waals surface area contributed by atoms with Gasteiger partial charge in [-0.05, 0) is 57.6 Å². The van der Waals surface area contributed by atoms with Gasteiger partial charge in [-0.3, -0.25) is 0 Å². The first kappa shape index (κ1) is 34.2. The average molecular weight is 777 g/mol. The SMILES string of the molecule is c1ccc(-c2ccc(-c3nc(-c4ccccc4)nc(-c4cccc(-c5cccc6sc7ccc8sc(-c9ccc(-c%10ccccc%10)cc9)nc8c7c56)c4)n3)cc2)cc1. The Morgan fingerprint density at radius 1 is 0.276 bits per heavy atom. The molecule has 8 aromatic carbocycles. The summed E-state index contributed by atoms with van der Waals surface area (Å²) in [6, 6.07) is 68.0. The second-order valence-electron chi connectivity index (χ2n) is 14.2. The Labute approximate surface area is 343 Å². The molecule has 0 aliphatic rings. The van der Waals surface area contributed by atoms with Crippen LogP contribution in [0.1, 0.15) is 0 Å². The summed E-state index contributed by atoms with van der Waals surface area (Å²) < 4.78 is 3.65. The van der Waals surface area contributed by atoms with Crippen LogP contribution in [-0.2, 0) is 0 Å². The molecule has 0 aliphatic heterocycles. The molecule has 0 atom stereocenters. The van der Waals surface area contributed by atoms with Crippen LogP contribution >= 0.6 is 22.7 Å². The maximum atomic E-state index is 5.33. The van der Waals surface area contributed by atoms with Crippen molar-refractivity contribution in [2.75, 3.05) is 0 Å². The normalized spacial score (nSPS) is 11.4. The molecule has 3 heterocycles. The molecule has 0 saturated heterocycles. The first-order valence-electron chi connectivity index (χ1n) is 19.2. The van der Waals surface area contributed by atoms with Crippen LogP contribution in [0.5, 0.6) is 0 Å². The predicted octanol–water partition coefficient (Wildman–Crippen LogP) is 14.5. The van der Waals surface area contributed by atoms with Crippen molar-refractivity contribution in [1.29, 1.82) is 0 Å². The van der Waals surface area contributed by atoms with Gasteiger partial charge in [-0.1, -0.05) is 170 Å². The minimum absolute atomic E-state index is 0.630. The van der Waals surface area contributed by atoms with Crippen LogP contribution in [0, 0.1) is 0 Å². The van der Waals surface area contributed by atoms with E-state index in [-0.39, 0.29) is 0 Å². The van der Waals surface area contributed by atoms with Gasteiger partial charge in [0.15, 0.2) is 17.5 Å². The molecule has 0 fully saturated rings. The fraction of sp³-hybridized carbons (Fsp3) is 0. The molecule has 272 valence electrons. The molecule has 0 aliphatic carbocycles. The van der Waals surface area contributed by atoms with Crippen LogP contribution in [-0.4, -0.2) is 19.9 Å². The standard InChI is InChI=1S/C52H32N4S2/c1-4-12-33(13-5-1)35-22-26-38(27-23-35)50-54-49(37-16-8-3-9-17-37)55-51(56-50)41-19-10-18-40(32-41)42-20-11-21-43-46(42)47-44(57-43)30-31-45-48(47)53-52(58-45)39-28-24-36(25-29-39)34-14-6-2-7-15-34/h1-32H. The van der Waals surface area contributed by atoms with Crippen molar-refractivity contribution in [3.8, 4) is 78.1 Å². The van der Waals surface area contributed by atoms with Gasteiger partial charge in [0.25, 0.3) is 0 Å². The Bertz CT molecular complexity index is 3250. The molecule has 6 heteroatoms. The summed E-state index contributed by atoms with van der Waals surface area (Å²) in [6.45, 7) is 0. The summed E-state index contributed by atoms with van der Waals surface area (Å²) in [6.07, 6.45) is 0. The van der Waals surface area contributed by atoms with Crippen molar-refractivity contribution < 1.29 is 0 Å². The van der Waals surface area contributed by atoms with Gasteiger partial charge >= 0.3 is 0 Å². The van der Waals surface area contributed by atoms with Gasteiger partial charge < -0.3 is 0 Å². The second-order valence-corrected chi connectivity index (χ2v) is 16.3. The van der Waals surface area contributed by atoms with E-state index in [1.807, 2.05) is 47.7 Å². The molecular formula is C52H32N4S2. The first-order valence-corrected chi connectivity index (χ1v) is 20.8. The monoisotopic (exact) mass is 776 g/mol. The number of thiophene rings is 1. The maximum Gasteiger partial charge on any atom is 0.164 e. The molecule has 0 amide bonds. The van der Waals surface area contributed by atoms with Gasteiger partial charge in [-0.2, -0.15) is 0 Å². The Balaban J connectivity index is 1.01. The summed E-state index contributed by atoms with van der Waals surface area (Å²) in [5.41, 5.74) is 12.0. The number of benzene rings is 8. The molecule has 0 unspecified atom stereocenters. The lowest BCUT2D eigenvalue weighted by atomic mass is 9.97. The fourth-order valence-electron chi connectivity index (χ4n) is 7.71. The number of rotatable bonds is 7. The topological polar surface area (TPSA) is 51.6 Å². The summed E-state index contributed by atoms with van der Waals surface area (Å²) in [7, 11) is 0. The van der Waals surface area contributed by atoms with Crippen molar-refractivity contribution in [1.82, 2.24) is 19.9 Å². The smallest absolute Gasteiger partial charge is 0.164 e. The number of thiazole rings is 1. The molecule has 58 heavy (non-hydrogen) atoms. The third-order valence-electron chi connectivity index (χ3n) is 10.6. The van der Waals surface area contributed by atoms with Crippen molar-refractivity contribution in [3.05, 3.63) is 194 Å². The van der Waals surface area contributed by atoms with E-state index in [1.54, 1.807) is 11.3 Å². The molecule has 0 saturated carbocycles. The maximum absolute atomic E-state index is 5.33. The molecule has 3 aromatic heterocycles. The van der Waals surface area contributed by atoms with Gasteiger partial charge in [-0.25, -0.2) is 19.9 Å². The second kappa shape index (κ2) is 14.4. The zero-order valence-corrected chi connectivity index (χ0v) is 32.7. The number of aromatic nitrogens is 4. The van der Waals surface area contributed by atoms with Gasteiger partial charge in [0.2, 0.25) is 0 Å². The van der Waals surface area contributed by atoms with E-state index in [4.69, 9.17) is 19.9 Å². The first-order chi connectivity index (χ1) is 28.7. The van der Waals surface area contributed by atoms with Crippen molar-refractivity contribution in [2.24, 2.45) is 0 Å². The summed E-state index contributed by atoms with van der Waals surface area (Å²) in [4.78, 5) is 20.5. The number of hydrogen-bond acceptors (Lipinski definition) is 6. The lowest BCUT2D eigenvalue weighted by Gasteiger charge is -2.11. The van der Waals surface area contributed by atoms with E-state index < -0.39 is 0 Å². The van der Waals surface area contributed by atoms with Crippen molar-refractivity contribution in [2.45, 2.75) is 0 Å². The van der Waals surface area contributed by atoms with Crippen LogP contribution in [0.4, 0.5) is 0 Å². The summed E-state index contributed by atoms with van der Waals surface area (Å²) in [5, 5.41) is 3.45. The highest BCUT2D eigenvalue weighted by Crippen LogP contribution is 2.45. The van der Waals surface area contributed by atoms with E-state index in [2.05, 4.69) is 158 Å².